The number of likely N-dealkylation sites (N-methyl/N-ethyl adjacent to an activating group) is 1. The van der Waals surface area contributed by atoms with Crippen LogP contribution < -0.4 is 4.89 Å². The van der Waals surface area contributed by atoms with E-state index < -0.39 is 26.5 Å². The Morgan fingerprint density at radius 3 is 1.42 bits per heavy atom. The van der Waals surface area contributed by atoms with Crippen molar-refractivity contribution in [2.75, 3.05) is 47.5 Å². The zero-order chi connectivity index (χ0) is 44.3. The van der Waals surface area contributed by atoms with Crippen molar-refractivity contribution >= 4 is 19.8 Å². The van der Waals surface area contributed by atoms with E-state index in [4.69, 9.17) is 18.5 Å². The Morgan fingerprint density at radius 1 is 0.533 bits per heavy atom. The van der Waals surface area contributed by atoms with E-state index in [9.17, 15) is 19.0 Å². The van der Waals surface area contributed by atoms with Crippen molar-refractivity contribution in [3.63, 3.8) is 0 Å². The highest BCUT2D eigenvalue weighted by atomic mass is 31.2. The summed E-state index contributed by atoms with van der Waals surface area (Å²) in [5, 5.41) is 0. The first kappa shape index (κ1) is 58.2. The molecule has 0 heterocycles. The molecule has 352 valence electrons. The van der Waals surface area contributed by atoms with E-state index in [-0.39, 0.29) is 32.0 Å². The molecule has 2 atom stereocenters. The molecule has 9 nitrogen and oxygen atoms in total. The third-order valence-electron chi connectivity index (χ3n) is 10.7. The SMILES string of the molecule is CC/C=C\C/C=C\C/C=C\CCCCCCCC(=O)O[C@H](COC(=O)CCCCCCCCCCCCCCCCCCCCCCC)COP(=O)([O-])OCC[N+](C)(C)C. The van der Waals surface area contributed by atoms with E-state index >= 15 is 0 Å². The molecule has 0 saturated heterocycles. The van der Waals surface area contributed by atoms with Crippen LogP contribution in [-0.4, -0.2) is 70.0 Å². The minimum atomic E-state index is -4.63. The first-order valence-electron chi connectivity index (χ1n) is 24.7. The van der Waals surface area contributed by atoms with Crippen molar-refractivity contribution in [3.05, 3.63) is 36.5 Å². The fraction of sp³-hybridized carbons (Fsp3) is 0.840. The summed E-state index contributed by atoms with van der Waals surface area (Å²) >= 11 is 0. The van der Waals surface area contributed by atoms with Crippen molar-refractivity contribution in [2.45, 2.75) is 225 Å². The molecule has 0 aromatic carbocycles. The number of nitrogens with zero attached hydrogens (tertiary/aromatic N) is 1. The molecule has 1 unspecified atom stereocenters. The lowest BCUT2D eigenvalue weighted by Gasteiger charge is -2.28. The van der Waals surface area contributed by atoms with Crippen LogP contribution in [-0.2, 0) is 32.7 Å². The van der Waals surface area contributed by atoms with E-state index in [1.165, 1.54) is 116 Å². The molecule has 10 heteroatoms. The molecule has 0 saturated carbocycles. The number of allylic oxidation sites excluding steroid dienone is 6. The van der Waals surface area contributed by atoms with Crippen LogP contribution in [0.4, 0.5) is 0 Å². The topological polar surface area (TPSA) is 111 Å². The summed E-state index contributed by atoms with van der Waals surface area (Å²) in [6.07, 6.45) is 48.9. The number of carbonyl (C=O) groups is 2. The van der Waals surface area contributed by atoms with E-state index in [0.29, 0.717) is 17.4 Å². The molecule has 0 aliphatic carbocycles. The quantitative estimate of drug-likeness (QED) is 0.0196. The largest absolute Gasteiger partial charge is 0.756 e. The second kappa shape index (κ2) is 42.5. The lowest BCUT2D eigenvalue weighted by atomic mass is 10.0. The molecular formula is C50H94NO8P. The first-order chi connectivity index (χ1) is 29.0. The average molecular weight is 868 g/mol. The Hall–Kier alpha value is -1.77. The number of phosphoric ester groups is 1. The van der Waals surface area contributed by atoms with Gasteiger partial charge in [-0.2, -0.15) is 0 Å². The molecule has 0 radical (unpaired) electrons. The highest BCUT2D eigenvalue weighted by Crippen LogP contribution is 2.38. The minimum Gasteiger partial charge on any atom is -0.756 e. The van der Waals surface area contributed by atoms with Gasteiger partial charge in [0.05, 0.1) is 27.7 Å². The Bertz CT molecular complexity index is 1120. The fourth-order valence-corrected chi connectivity index (χ4v) is 7.58. The molecule has 0 rings (SSSR count). The third-order valence-corrected chi connectivity index (χ3v) is 11.6. The number of esters is 2. The summed E-state index contributed by atoms with van der Waals surface area (Å²) in [5.41, 5.74) is 0. The summed E-state index contributed by atoms with van der Waals surface area (Å²) in [4.78, 5) is 37.6. The number of carbonyl (C=O) groups excluding carboxylic acids is 2. The zero-order valence-corrected chi connectivity index (χ0v) is 40.6. The van der Waals surface area contributed by atoms with Gasteiger partial charge >= 0.3 is 11.9 Å². The van der Waals surface area contributed by atoms with Gasteiger partial charge in [0, 0.05) is 12.8 Å². The number of hydrogen-bond donors (Lipinski definition) is 0. The van der Waals surface area contributed by atoms with Gasteiger partial charge in [0.2, 0.25) is 0 Å². The van der Waals surface area contributed by atoms with Crippen LogP contribution in [0.2, 0.25) is 0 Å². The average Bonchev–Trinajstić information content (AvgIpc) is 3.20. The molecule has 0 aliphatic rings. The smallest absolute Gasteiger partial charge is 0.306 e. The standard InChI is InChI=1S/C50H94NO8P/c1-6-8-10-12-14-16-18-20-22-23-24-25-26-27-29-30-32-34-36-38-40-42-49(52)56-46-48(47-58-60(54,55)57-45-44-51(3,4)5)59-50(53)43-41-39-37-35-33-31-28-21-19-17-15-13-11-9-7-2/h9,11,15,17,21,28,48H,6-8,10,12-14,16,18-20,22-27,29-47H2,1-5H3/b11-9-,17-15-,28-21-/t48-/m1/s1. The molecule has 0 aromatic rings. The Morgan fingerprint density at radius 2 is 0.950 bits per heavy atom. The normalized spacial score (nSPS) is 13.8. The van der Waals surface area contributed by atoms with Crippen LogP contribution in [0.1, 0.15) is 219 Å². The van der Waals surface area contributed by atoms with Crippen molar-refractivity contribution in [1.29, 1.82) is 0 Å². The predicted octanol–water partition coefficient (Wildman–Crippen LogP) is 13.8. The summed E-state index contributed by atoms with van der Waals surface area (Å²) in [6, 6.07) is 0. The molecule has 0 bridgehead atoms. The highest BCUT2D eigenvalue weighted by Gasteiger charge is 2.21. The second-order valence-corrected chi connectivity index (χ2v) is 19.2. The van der Waals surface area contributed by atoms with Gasteiger partial charge in [-0.05, 0) is 44.9 Å². The van der Waals surface area contributed by atoms with Gasteiger partial charge in [-0.25, -0.2) is 0 Å². The predicted molar refractivity (Wildman–Crippen MR) is 250 cm³/mol. The molecular weight excluding hydrogens is 774 g/mol. The van der Waals surface area contributed by atoms with Crippen molar-refractivity contribution < 1.29 is 42.1 Å². The van der Waals surface area contributed by atoms with Crippen LogP contribution in [0.3, 0.4) is 0 Å². The van der Waals surface area contributed by atoms with Gasteiger partial charge in [-0.15, -0.1) is 0 Å². The minimum absolute atomic E-state index is 0.0337. The number of rotatable bonds is 45. The monoisotopic (exact) mass is 868 g/mol. The van der Waals surface area contributed by atoms with Gasteiger partial charge in [0.1, 0.15) is 19.8 Å². The van der Waals surface area contributed by atoms with Crippen molar-refractivity contribution in [2.24, 2.45) is 0 Å². The van der Waals surface area contributed by atoms with Gasteiger partial charge in [-0.3, -0.25) is 14.2 Å². The van der Waals surface area contributed by atoms with Crippen molar-refractivity contribution in [1.82, 2.24) is 0 Å². The van der Waals surface area contributed by atoms with Crippen LogP contribution in [0.5, 0.6) is 0 Å². The number of ether oxygens (including phenoxy) is 2. The number of unbranched alkanes of at least 4 members (excludes halogenated alkanes) is 25. The number of quaternary nitrogens is 1. The highest BCUT2D eigenvalue weighted by molar-refractivity contribution is 7.45. The lowest BCUT2D eigenvalue weighted by molar-refractivity contribution is -0.870. The number of phosphoric acid groups is 1. The van der Waals surface area contributed by atoms with Crippen LogP contribution in [0.15, 0.2) is 36.5 Å². The van der Waals surface area contributed by atoms with Crippen molar-refractivity contribution in [3.8, 4) is 0 Å². The molecule has 0 N–H and O–H groups in total. The van der Waals surface area contributed by atoms with E-state index in [1.807, 2.05) is 21.1 Å². The van der Waals surface area contributed by atoms with Crippen LogP contribution >= 0.6 is 7.82 Å². The fourth-order valence-electron chi connectivity index (χ4n) is 6.85. The molecule has 0 fully saturated rings. The second-order valence-electron chi connectivity index (χ2n) is 17.8. The van der Waals surface area contributed by atoms with E-state index in [0.717, 1.165) is 70.6 Å². The van der Waals surface area contributed by atoms with Crippen LogP contribution in [0.25, 0.3) is 0 Å². The summed E-state index contributed by atoms with van der Waals surface area (Å²) < 4.78 is 34.0. The molecule has 0 spiro atoms. The lowest BCUT2D eigenvalue weighted by Crippen LogP contribution is -2.37. The maximum Gasteiger partial charge on any atom is 0.306 e. The van der Waals surface area contributed by atoms with Gasteiger partial charge in [-0.1, -0.05) is 198 Å². The Balaban J connectivity index is 4.23. The van der Waals surface area contributed by atoms with E-state index in [2.05, 4.69) is 50.3 Å². The third kappa shape index (κ3) is 45.7. The summed E-state index contributed by atoms with van der Waals surface area (Å²) in [7, 11) is 1.16. The summed E-state index contributed by atoms with van der Waals surface area (Å²) in [6.45, 7) is 4.12. The molecule has 0 amide bonds. The Labute approximate surface area is 370 Å². The van der Waals surface area contributed by atoms with Gasteiger partial charge in [0.15, 0.2) is 6.10 Å². The maximum atomic E-state index is 12.7. The Kier molecular flexibility index (Phi) is 41.3. The zero-order valence-electron chi connectivity index (χ0n) is 39.7. The number of hydrogen-bond acceptors (Lipinski definition) is 8. The maximum absolute atomic E-state index is 12.7. The van der Waals surface area contributed by atoms with Gasteiger partial charge in [0.25, 0.3) is 7.82 Å². The first-order valence-corrected chi connectivity index (χ1v) is 26.2. The summed E-state index contributed by atoms with van der Waals surface area (Å²) in [5.74, 6) is -0.846. The molecule has 60 heavy (non-hydrogen) atoms. The molecule has 0 aliphatic heterocycles. The van der Waals surface area contributed by atoms with Crippen LogP contribution in [0, 0.1) is 0 Å². The van der Waals surface area contributed by atoms with Gasteiger partial charge < -0.3 is 27.9 Å². The van der Waals surface area contributed by atoms with E-state index in [1.54, 1.807) is 0 Å². The molecule has 0 aromatic heterocycles.